The maximum atomic E-state index is 15.2. The largest absolute Gasteiger partial charge is 0.489 e. The Morgan fingerprint density at radius 1 is 1.12 bits per heavy atom. The van der Waals surface area contributed by atoms with Crippen LogP contribution in [0.15, 0.2) is 48.9 Å². The fourth-order valence-corrected chi connectivity index (χ4v) is 4.64. The maximum absolute atomic E-state index is 15.2. The van der Waals surface area contributed by atoms with Crippen LogP contribution in [0.3, 0.4) is 0 Å². The Labute approximate surface area is 231 Å². The normalized spacial score (nSPS) is 19.4. The smallest absolute Gasteiger partial charge is 0.252 e. The molecule has 1 aliphatic carbocycles. The van der Waals surface area contributed by atoms with Gasteiger partial charge in [-0.15, -0.1) is 0 Å². The second-order valence-electron chi connectivity index (χ2n) is 11.1. The third-order valence-corrected chi connectivity index (χ3v) is 6.83. The van der Waals surface area contributed by atoms with E-state index in [2.05, 4.69) is 10.1 Å². The van der Waals surface area contributed by atoms with E-state index in [1.807, 2.05) is 0 Å². The molecule has 3 aromatic rings. The minimum Gasteiger partial charge on any atom is -0.489 e. The third-order valence-electron chi connectivity index (χ3n) is 6.83. The first-order valence-corrected chi connectivity index (χ1v) is 13.4. The van der Waals surface area contributed by atoms with Crippen LogP contribution in [0.25, 0.3) is 11.1 Å². The molecule has 2 fully saturated rings. The summed E-state index contributed by atoms with van der Waals surface area (Å²) in [6, 6.07) is 8.48. The number of ether oxygens (including phenoxy) is 2. The van der Waals surface area contributed by atoms with Crippen LogP contribution in [0.1, 0.15) is 49.2 Å². The molecule has 0 spiro atoms. The Morgan fingerprint density at radius 3 is 2.58 bits per heavy atom. The number of hydrogen-bond acceptors (Lipinski definition) is 7. The summed E-state index contributed by atoms with van der Waals surface area (Å²) in [6.07, 6.45) is 5.43. The highest BCUT2D eigenvalue weighted by Crippen LogP contribution is 2.30. The Bertz CT molecular complexity index is 1370. The number of nitrogens with two attached hydrogens (primary N) is 1. The van der Waals surface area contributed by atoms with Gasteiger partial charge in [-0.25, -0.2) is 4.39 Å². The molecule has 0 unspecified atom stereocenters. The second-order valence-corrected chi connectivity index (χ2v) is 11.1. The molecule has 1 aliphatic heterocycles. The number of nitrogens with zero attached hydrogens (tertiary/aromatic N) is 4. The number of carbonyl (C=O) groups is 2. The van der Waals surface area contributed by atoms with E-state index in [-0.39, 0.29) is 42.7 Å². The molecule has 1 saturated carbocycles. The number of piperidine rings is 1. The van der Waals surface area contributed by atoms with E-state index >= 15 is 4.39 Å². The molecular weight excluding hydrogens is 517 g/mol. The summed E-state index contributed by atoms with van der Waals surface area (Å²) in [5.74, 6) is -0.0449. The molecule has 11 heteroatoms. The highest BCUT2D eigenvalue weighted by atomic mass is 19.1. The Morgan fingerprint density at radius 2 is 1.93 bits per heavy atom. The zero-order valence-corrected chi connectivity index (χ0v) is 22.6. The number of amides is 2. The van der Waals surface area contributed by atoms with Gasteiger partial charge in [0, 0.05) is 30.4 Å². The lowest BCUT2D eigenvalue weighted by atomic mass is 10.0. The van der Waals surface area contributed by atoms with Gasteiger partial charge in [0.15, 0.2) is 6.17 Å². The quantitative estimate of drug-likeness (QED) is 0.396. The van der Waals surface area contributed by atoms with Crippen molar-refractivity contribution < 1.29 is 28.6 Å². The highest BCUT2D eigenvalue weighted by molar-refractivity contribution is 5.97. The predicted octanol–water partition coefficient (Wildman–Crippen LogP) is 2.92. The fraction of sp³-hybridized carbons (Fsp3) is 0.448. The SMILES string of the molecule is CC(C)(O)Cn1cc(-c2ccc(O[C@H]3CCN(C(=O)Cc4ccc(OC5CC5)cn4)C[C@@H]3F)c(C(N)=O)c2)cn1. The van der Waals surface area contributed by atoms with Gasteiger partial charge in [-0.3, -0.25) is 19.3 Å². The summed E-state index contributed by atoms with van der Waals surface area (Å²) in [4.78, 5) is 30.8. The van der Waals surface area contributed by atoms with Crippen LogP contribution in [-0.2, 0) is 17.8 Å². The molecule has 5 rings (SSSR count). The van der Waals surface area contributed by atoms with Gasteiger partial charge in [0.25, 0.3) is 5.91 Å². The summed E-state index contributed by atoms with van der Waals surface area (Å²) in [7, 11) is 0. The van der Waals surface area contributed by atoms with Crippen molar-refractivity contribution in [2.45, 2.75) is 70.1 Å². The minimum atomic E-state index is -1.44. The molecule has 40 heavy (non-hydrogen) atoms. The van der Waals surface area contributed by atoms with Gasteiger partial charge in [0.05, 0.1) is 49.2 Å². The zero-order valence-electron chi connectivity index (χ0n) is 22.6. The second kappa shape index (κ2) is 11.2. The van der Waals surface area contributed by atoms with E-state index in [9.17, 15) is 14.7 Å². The van der Waals surface area contributed by atoms with Crippen molar-refractivity contribution in [3.63, 3.8) is 0 Å². The van der Waals surface area contributed by atoms with Crippen LogP contribution < -0.4 is 15.2 Å². The summed E-state index contributed by atoms with van der Waals surface area (Å²) < 4.78 is 28.4. The maximum Gasteiger partial charge on any atom is 0.252 e. The van der Waals surface area contributed by atoms with E-state index in [1.165, 1.54) is 4.90 Å². The number of rotatable bonds is 10. The first kappa shape index (κ1) is 27.6. The van der Waals surface area contributed by atoms with Crippen molar-refractivity contribution >= 4 is 11.8 Å². The van der Waals surface area contributed by atoms with Gasteiger partial charge < -0.3 is 25.2 Å². The van der Waals surface area contributed by atoms with Gasteiger partial charge in [0.2, 0.25) is 5.91 Å². The zero-order chi connectivity index (χ0) is 28.4. The number of alkyl halides is 1. The molecule has 2 aromatic heterocycles. The number of primary amides is 1. The molecule has 212 valence electrons. The van der Waals surface area contributed by atoms with Crippen LogP contribution in [0.5, 0.6) is 11.5 Å². The number of aliphatic hydroxyl groups is 1. The van der Waals surface area contributed by atoms with Crippen molar-refractivity contribution in [3.05, 3.63) is 60.2 Å². The fourth-order valence-electron chi connectivity index (χ4n) is 4.64. The summed E-state index contributed by atoms with van der Waals surface area (Å²) in [5, 5.41) is 14.3. The lowest BCUT2D eigenvalue weighted by molar-refractivity contribution is -0.134. The number of aromatic nitrogens is 3. The Hall–Kier alpha value is -3.99. The van der Waals surface area contributed by atoms with E-state index in [1.54, 1.807) is 67.5 Å². The average molecular weight is 552 g/mol. The first-order valence-electron chi connectivity index (χ1n) is 13.4. The molecule has 0 bridgehead atoms. The van der Waals surface area contributed by atoms with Crippen molar-refractivity contribution in [3.8, 4) is 22.6 Å². The van der Waals surface area contributed by atoms with Gasteiger partial charge in [-0.1, -0.05) is 6.07 Å². The summed E-state index contributed by atoms with van der Waals surface area (Å²) in [6.45, 7) is 3.87. The predicted molar refractivity (Wildman–Crippen MR) is 145 cm³/mol. The van der Waals surface area contributed by atoms with Crippen molar-refractivity contribution in [2.75, 3.05) is 13.1 Å². The van der Waals surface area contributed by atoms with E-state index < -0.39 is 23.8 Å². The summed E-state index contributed by atoms with van der Waals surface area (Å²) >= 11 is 0. The molecule has 3 N–H and O–H groups in total. The van der Waals surface area contributed by atoms with E-state index in [0.29, 0.717) is 30.1 Å². The molecule has 2 atom stereocenters. The molecule has 1 aromatic carbocycles. The Kier molecular flexibility index (Phi) is 7.75. The number of likely N-dealkylation sites (tertiary alicyclic amines) is 1. The molecule has 2 aliphatic rings. The van der Waals surface area contributed by atoms with Crippen LogP contribution in [0.4, 0.5) is 4.39 Å². The monoisotopic (exact) mass is 551 g/mol. The molecule has 2 amide bonds. The van der Waals surface area contributed by atoms with Crippen molar-refractivity contribution in [1.82, 2.24) is 19.7 Å². The van der Waals surface area contributed by atoms with Gasteiger partial charge >= 0.3 is 0 Å². The lowest BCUT2D eigenvalue weighted by Gasteiger charge is -2.35. The lowest BCUT2D eigenvalue weighted by Crippen LogP contribution is -2.49. The van der Waals surface area contributed by atoms with E-state index in [0.717, 1.165) is 18.4 Å². The topological polar surface area (TPSA) is 133 Å². The number of pyridine rings is 1. The van der Waals surface area contributed by atoms with Crippen LogP contribution in [-0.4, -0.2) is 73.7 Å². The first-order chi connectivity index (χ1) is 19.0. The van der Waals surface area contributed by atoms with Crippen LogP contribution >= 0.6 is 0 Å². The average Bonchev–Trinajstić information content (AvgIpc) is 3.60. The number of halogens is 1. The highest BCUT2D eigenvalue weighted by Gasteiger charge is 2.34. The number of hydrogen-bond donors (Lipinski definition) is 2. The van der Waals surface area contributed by atoms with Gasteiger partial charge in [-0.05, 0) is 56.5 Å². The standard InChI is InChI=1S/C29H34FN5O5/c1-29(2,38)17-35-15-19(13-33-35)18-3-8-25(23(11-18)28(31)37)40-26-9-10-34(16-24(26)30)27(36)12-20-4-5-22(14-32-20)39-21-6-7-21/h3-5,8,11,13-15,21,24,26,38H,6-7,9-10,12,16-17H2,1-2H3,(H2,31,37)/t24-,26-/m0/s1. The van der Waals surface area contributed by atoms with Crippen LogP contribution in [0.2, 0.25) is 0 Å². The van der Waals surface area contributed by atoms with Crippen molar-refractivity contribution in [1.29, 1.82) is 0 Å². The van der Waals surface area contributed by atoms with Gasteiger partial charge in [-0.2, -0.15) is 5.10 Å². The summed E-state index contributed by atoms with van der Waals surface area (Å²) in [5.41, 5.74) is 6.82. The van der Waals surface area contributed by atoms with Gasteiger partial charge in [0.1, 0.15) is 17.6 Å². The minimum absolute atomic E-state index is 0.0711. The molecular formula is C29H34FN5O5. The van der Waals surface area contributed by atoms with Crippen molar-refractivity contribution in [2.24, 2.45) is 5.73 Å². The third kappa shape index (κ3) is 6.95. The number of carbonyl (C=O) groups excluding carboxylic acids is 2. The van der Waals surface area contributed by atoms with E-state index in [4.69, 9.17) is 15.2 Å². The molecule has 1 saturated heterocycles. The molecule has 3 heterocycles. The molecule has 10 nitrogen and oxygen atoms in total. The Balaban J connectivity index is 1.19. The molecule has 0 radical (unpaired) electrons. The van der Waals surface area contributed by atoms with Crippen LogP contribution in [0, 0.1) is 0 Å². The number of benzene rings is 1.